The number of halogens is 1. The van der Waals surface area contributed by atoms with Gasteiger partial charge in [-0.1, -0.05) is 11.6 Å². The summed E-state index contributed by atoms with van der Waals surface area (Å²) in [7, 11) is 0. The number of ether oxygens (including phenoxy) is 1. The van der Waals surface area contributed by atoms with Gasteiger partial charge in [-0.2, -0.15) is 0 Å². The molecule has 1 aliphatic heterocycles. The molecule has 0 aliphatic carbocycles. The van der Waals surface area contributed by atoms with Gasteiger partial charge in [0.15, 0.2) is 0 Å². The molecule has 1 aromatic heterocycles. The van der Waals surface area contributed by atoms with E-state index in [0.717, 1.165) is 5.56 Å². The molecule has 0 bridgehead atoms. The Morgan fingerprint density at radius 2 is 2.20 bits per heavy atom. The largest absolute Gasteiger partial charge is 0.493 e. The van der Waals surface area contributed by atoms with E-state index in [1.165, 1.54) is 12.1 Å². The number of fused-ring (bicyclic) bond motifs is 1. The van der Waals surface area contributed by atoms with Crippen LogP contribution in [0.25, 0.3) is 0 Å². The van der Waals surface area contributed by atoms with Crippen LogP contribution >= 0.6 is 11.6 Å². The monoisotopic (exact) mass is 295 g/mol. The van der Waals surface area contributed by atoms with Crippen LogP contribution in [0.2, 0.25) is 5.02 Å². The Balaban J connectivity index is 2.02. The molecule has 104 valence electrons. The third kappa shape index (κ3) is 2.13. The van der Waals surface area contributed by atoms with Gasteiger partial charge in [0.05, 0.1) is 12.7 Å². The number of nitrogens with zero attached hydrogens (tertiary/aromatic N) is 1. The molecule has 0 saturated carbocycles. The van der Waals surface area contributed by atoms with Gasteiger partial charge in [-0.3, -0.25) is 10.1 Å². The van der Waals surface area contributed by atoms with E-state index in [0.29, 0.717) is 29.4 Å². The Bertz CT molecular complexity index is 681. The van der Waals surface area contributed by atoms with Crippen molar-refractivity contribution < 1.29 is 19.2 Å². The number of aliphatic hydroxyl groups is 1. The van der Waals surface area contributed by atoms with Gasteiger partial charge in [0.1, 0.15) is 22.5 Å². The second kappa shape index (κ2) is 4.81. The minimum absolute atomic E-state index is 0.0802. The molecule has 6 nitrogen and oxygen atoms in total. The van der Waals surface area contributed by atoms with Crippen LogP contribution in [0.4, 0.5) is 5.88 Å². The molecule has 0 amide bonds. The SMILES string of the molecule is O=[N+]([O-])c1ccc(C(O)c2cc(Cl)cc3c2OCC3)o1. The van der Waals surface area contributed by atoms with Gasteiger partial charge in [0.25, 0.3) is 0 Å². The maximum atomic E-state index is 10.6. The third-order valence-corrected chi connectivity index (χ3v) is 3.35. The molecule has 1 atom stereocenters. The lowest BCUT2D eigenvalue weighted by molar-refractivity contribution is -0.402. The molecule has 1 unspecified atom stereocenters. The zero-order valence-corrected chi connectivity index (χ0v) is 11.0. The molecule has 1 aliphatic rings. The first-order valence-electron chi connectivity index (χ1n) is 5.93. The summed E-state index contributed by atoms with van der Waals surface area (Å²) in [6.45, 7) is 0.522. The van der Waals surface area contributed by atoms with Crippen LogP contribution in [0.15, 0.2) is 28.7 Å². The highest BCUT2D eigenvalue weighted by Crippen LogP contribution is 2.39. The molecule has 0 saturated heterocycles. The van der Waals surface area contributed by atoms with Crippen LogP contribution in [-0.2, 0) is 6.42 Å². The summed E-state index contributed by atoms with van der Waals surface area (Å²) < 4.78 is 10.5. The summed E-state index contributed by atoms with van der Waals surface area (Å²) in [5.41, 5.74) is 1.36. The first-order valence-corrected chi connectivity index (χ1v) is 6.31. The van der Waals surface area contributed by atoms with Crippen LogP contribution < -0.4 is 4.74 Å². The normalized spacial score (nSPS) is 14.7. The molecule has 0 spiro atoms. The Labute approximate surface area is 118 Å². The second-order valence-electron chi connectivity index (χ2n) is 4.42. The molecule has 20 heavy (non-hydrogen) atoms. The number of aliphatic hydroxyl groups excluding tert-OH is 1. The van der Waals surface area contributed by atoms with Crippen molar-refractivity contribution >= 4 is 17.5 Å². The molecule has 2 heterocycles. The zero-order valence-electron chi connectivity index (χ0n) is 10.2. The fraction of sp³-hybridized carbons (Fsp3) is 0.231. The van der Waals surface area contributed by atoms with Crippen molar-refractivity contribution in [3.05, 3.63) is 56.3 Å². The number of hydrogen-bond acceptors (Lipinski definition) is 5. The Morgan fingerprint density at radius 3 is 2.90 bits per heavy atom. The van der Waals surface area contributed by atoms with Gasteiger partial charge < -0.3 is 14.3 Å². The summed E-state index contributed by atoms with van der Waals surface area (Å²) in [5, 5.41) is 21.4. The first kappa shape index (κ1) is 13.0. The summed E-state index contributed by atoms with van der Waals surface area (Å²) in [6.07, 6.45) is -0.442. The average Bonchev–Trinajstić information content (AvgIpc) is 3.05. The average molecular weight is 296 g/mol. The predicted molar refractivity (Wildman–Crippen MR) is 70.1 cm³/mol. The molecular formula is C13H10ClNO5. The van der Waals surface area contributed by atoms with Crippen molar-refractivity contribution in [2.24, 2.45) is 0 Å². The molecule has 7 heteroatoms. The van der Waals surface area contributed by atoms with Crippen molar-refractivity contribution in [2.75, 3.05) is 6.61 Å². The number of furan rings is 1. The van der Waals surface area contributed by atoms with Crippen LogP contribution in [0.1, 0.15) is 23.0 Å². The molecule has 1 aromatic carbocycles. The lowest BCUT2D eigenvalue weighted by Crippen LogP contribution is -2.01. The fourth-order valence-corrected chi connectivity index (χ4v) is 2.49. The van der Waals surface area contributed by atoms with Crippen LogP contribution in [0, 0.1) is 10.1 Å². The van der Waals surface area contributed by atoms with Crippen LogP contribution in [0.5, 0.6) is 5.75 Å². The van der Waals surface area contributed by atoms with Gasteiger partial charge in [-0.25, -0.2) is 0 Å². The van der Waals surface area contributed by atoms with E-state index in [1.807, 2.05) is 0 Å². The summed E-state index contributed by atoms with van der Waals surface area (Å²) >= 11 is 6.01. The number of hydrogen-bond donors (Lipinski definition) is 1. The minimum atomic E-state index is -1.16. The topological polar surface area (TPSA) is 85.7 Å². The lowest BCUT2D eigenvalue weighted by atomic mass is 10.0. The number of rotatable bonds is 3. The van der Waals surface area contributed by atoms with Gasteiger partial charge in [0.2, 0.25) is 0 Å². The van der Waals surface area contributed by atoms with Crippen molar-refractivity contribution in [2.45, 2.75) is 12.5 Å². The number of benzene rings is 1. The first-order chi connectivity index (χ1) is 9.56. The van der Waals surface area contributed by atoms with Gasteiger partial charge in [-0.05, 0) is 23.8 Å². The molecule has 1 N–H and O–H groups in total. The van der Waals surface area contributed by atoms with E-state index >= 15 is 0 Å². The van der Waals surface area contributed by atoms with E-state index in [1.54, 1.807) is 12.1 Å². The van der Waals surface area contributed by atoms with Crippen LogP contribution in [0.3, 0.4) is 0 Å². The highest BCUT2D eigenvalue weighted by Gasteiger charge is 2.26. The predicted octanol–water partition coefficient (Wildman–Crippen LogP) is 2.86. The summed E-state index contributed by atoms with van der Waals surface area (Å²) in [4.78, 5) is 9.94. The van der Waals surface area contributed by atoms with Crippen molar-refractivity contribution in [3.8, 4) is 5.75 Å². The maximum absolute atomic E-state index is 10.6. The van der Waals surface area contributed by atoms with E-state index in [2.05, 4.69) is 0 Å². The van der Waals surface area contributed by atoms with E-state index in [9.17, 15) is 15.2 Å². The summed E-state index contributed by atoms with van der Waals surface area (Å²) in [5.74, 6) is 0.233. The Hall–Kier alpha value is -2.05. The zero-order chi connectivity index (χ0) is 14.3. The minimum Gasteiger partial charge on any atom is -0.493 e. The fourth-order valence-electron chi connectivity index (χ4n) is 2.24. The van der Waals surface area contributed by atoms with E-state index < -0.39 is 16.9 Å². The molecule has 0 radical (unpaired) electrons. The lowest BCUT2D eigenvalue weighted by Gasteiger charge is -2.13. The molecule has 0 fully saturated rings. The maximum Gasteiger partial charge on any atom is 0.433 e. The smallest absolute Gasteiger partial charge is 0.433 e. The van der Waals surface area contributed by atoms with E-state index in [-0.39, 0.29) is 5.76 Å². The highest BCUT2D eigenvalue weighted by atomic mass is 35.5. The third-order valence-electron chi connectivity index (χ3n) is 3.13. The molecule has 3 rings (SSSR count). The van der Waals surface area contributed by atoms with Gasteiger partial charge >= 0.3 is 5.88 Å². The standard InChI is InChI=1S/C13H10ClNO5/c14-8-5-7-3-4-19-13(7)9(6-8)12(16)10-1-2-11(20-10)15(17)18/h1-2,5-6,12,16H,3-4H2. The highest BCUT2D eigenvalue weighted by molar-refractivity contribution is 6.30. The van der Waals surface area contributed by atoms with Gasteiger partial charge in [0, 0.05) is 17.0 Å². The second-order valence-corrected chi connectivity index (χ2v) is 4.85. The van der Waals surface area contributed by atoms with E-state index in [4.69, 9.17) is 20.8 Å². The van der Waals surface area contributed by atoms with Gasteiger partial charge in [-0.15, -0.1) is 0 Å². The number of nitro groups is 1. The Kier molecular flexibility index (Phi) is 3.11. The van der Waals surface area contributed by atoms with Crippen molar-refractivity contribution in [1.29, 1.82) is 0 Å². The summed E-state index contributed by atoms with van der Waals surface area (Å²) in [6, 6.07) is 5.92. The van der Waals surface area contributed by atoms with Crippen molar-refractivity contribution in [1.82, 2.24) is 0 Å². The molecule has 2 aromatic rings. The van der Waals surface area contributed by atoms with Crippen LogP contribution in [-0.4, -0.2) is 16.6 Å². The quantitative estimate of drug-likeness (QED) is 0.695. The van der Waals surface area contributed by atoms with Crippen molar-refractivity contribution in [3.63, 3.8) is 0 Å². The molecular weight excluding hydrogens is 286 g/mol. The Morgan fingerprint density at radius 1 is 1.40 bits per heavy atom.